The number of rotatable bonds is 12. The number of likely N-dealkylation sites (N-methyl/N-ethyl adjacent to an activating group) is 1. The Balaban J connectivity index is 0. The molecular weight excluding hydrogens is 376 g/mol. The molecule has 0 unspecified atom stereocenters. The summed E-state index contributed by atoms with van der Waals surface area (Å²) < 4.78 is 37.9. The zero-order chi connectivity index (χ0) is 21.0. The summed E-state index contributed by atoms with van der Waals surface area (Å²) in [5, 5.41) is 19.6. The normalized spacial score (nSPS) is 10.4. The Morgan fingerprint density at radius 1 is 0.926 bits per heavy atom. The van der Waals surface area contributed by atoms with E-state index in [0.29, 0.717) is 13.2 Å². The van der Waals surface area contributed by atoms with Crippen LogP contribution in [0.3, 0.4) is 0 Å². The summed E-state index contributed by atoms with van der Waals surface area (Å²) >= 11 is 0. The highest BCUT2D eigenvalue weighted by Gasteiger charge is 2.14. The molecule has 0 fully saturated rings. The Morgan fingerprint density at radius 2 is 1.44 bits per heavy atom. The van der Waals surface area contributed by atoms with Crippen LogP contribution in [-0.2, 0) is 23.8 Å². The lowest BCUT2D eigenvalue weighted by Crippen LogP contribution is -2.15. The quantitative estimate of drug-likeness (QED) is 0.265. The van der Waals surface area contributed by atoms with Gasteiger partial charge >= 0.3 is 0 Å². The average molecular weight is 411 g/mol. The van der Waals surface area contributed by atoms with Gasteiger partial charge in [0.2, 0.25) is 0 Å². The SMILES string of the molecule is CN.CNCCOCCO.Cc1ccc(S(=O)(=O)OCCOCCO)cc1. The van der Waals surface area contributed by atoms with Gasteiger partial charge in [0.05, 0.1) is 51.1 Å². The Morgan fingerprint density at radius 3 is 1.93 bits per heavy atom. The predicted molar refractivity (Wildman–Crippen MR) is 104 cm³/mol. The summed E-state index contributed by atoms with van der Waals surface area (Å²) in [6, 6.07) is 6.41. The van der Waals surface area contributed by atoms with Gasteiger partial charge in [-0.2, -0.15) is 8.42 Å². The van der Waals surface area contributed by atoms with Crippen LogP contribution in [0, 0.1) is 6.92 Å². The number of hydrogen-bond donors (Lipinski definition) is 4. The van der Waals surface area contributed by atoms with Crippen LogP contribution in [0.1, 0.15) is 5.56 Å². The molecule has 9 nitrogen and oxygen atoms in total. The van der Waals surface area contributed by atoms with Gasteiger partial charge in [-0.05, 0) is 33.2 Å². The molecule has 0 amide bonds. The first-order valence-electron chi connectivity index (χ1n) is 8.53. The van der Waals surface area contributed by atoms with E-state index in [2.05, 4.69) is 11.1 Å². The lowest BCUT2D eigenvalue weighted by molar-refractivity contribution is 0.0719. The van der Waals surface area contributed by atoms with E-state index in [0.717, 1.165) is 12.1 Å². The second-order valence-electron chi connectivity index (χ2n) is 4.86. The first-order valence-corrected chi connectivity index (χ1v) is 9.94. The Hall–Kier alpha value is -1.11. The molecule has 0 aliphatic heterocycles. The fourth-order valence-electron chi connectivity index (χ4n) is 1.48. The topological polar surface area (TPSA) is 140 Å². The molecule has 0 saturated heterocycles. The van der Waals surface area contributed by atoms with Crippen LogP contribution < -0.4 is 11.1 Å². The molecule has 0 saturated carbocycles. The second kappa shape index (κ2) is 19.6. The molecule has 5 N–H and O–H groups in total. The summed E-state index contributed by atoms with van der Waals surface area (Å²) in [6.07, 6.45) is 0. The number of benzene rings is 1. The monoisotopic (exact) mass is 410 g/mol. The molecule has 160 valence electrons. The van der Waals surface area contributed by atoms with Crippen LogP contribution in [0.25, 0.3) is 0 Å². The highest BCUT2D eigenvalue weighted by molar-refractivity contribution is 7.86. The number of aryl methyl sites for hydroxylation is 1. The van der Waals surface area contributed by atoms with Gasteiger partial charge in [0.15, 0.2) is 0 Å². The number of nitrogens with two attached hydrogens (primary N) is 1. The van der Waals surface area contributed by atoms with Gasteiger partial charge in [0.1, 0.15) is 0 Å². The smallest absolute Gasteiger partial charge is 0.297 e. The van der Waals surface area contributed by atoms with Crippen molar-refractivity contribution in [2.75, 3.05) is 66.9 Å². The number of aliphatic hydroxyl groups is 2. The second-order valence-corrected chi connectivity index (χ2v) is 6.48. The van der Waals surface area contributed by atoms with Crippen molar-refractivity contribution in [1.29, 1.82) is 0 Å². The fourth-order valence-corrected chi connectivity index (χ4v) is 2.38. The van der Waals surface area contributed by atoms with Crippen LogP contribution in [0.2, 0.25) is 0 Å². The van der Waals surface area contributed by atoms with Crippen LogP contribution in [0.4, 0.5) is 0 Å². The minimum absolute atomic E-state index is 0.0593. The number of aliphatic hydroxyl groups excluding tert-OH is 2. The maximum Gasteiger partial charge on any atom is 0.297 e. The number of nitrogens with one attached hydrogen (secondary N) is 1. The third-order valence-corrected chi connectivity index (χ3v) is 4.07. The summed E-state index contributed by atoms with van der Waals surface area (Å²) in [5.41, 5.74) is 5.48. The van der Waals surface area contributed by atoms with Gasteiger partial charge in [-0.3, -0.25) is 4.18 Å². The van der Waals surface area contributed by atoms with Crippen molar-refractivity contribution in [1.82, 2.24) is 5.32 Å². The molecule has 0 radical (unpaired) electrons. The molecule has 0 spiro atoms. The van der Waals surface area contributed by atoms with Crippen LogP contribution >= 0.6 is 0 Å². The third-order valence-electron chi connectivity index (χ3n) is 2.74. The van der Waals surface area contributed by atoms with Gasteiger partial charge in [0, 0.05) is 6.54 Å². The molecule has 1 rings (SSSR count). The van der Waals surface area contributed by atoms with Gasteiger partial charge in [0.25, 0.3) is 10.1 Å². The summed E-state index contributed by atoms with van der Waals surface area (Å²) in [7, 11) is -0.343. The molecule has 0 aliphatic rings. The summed E-state index contributed by atoms with van der Waals surface area (Å²) in [5.74, 6) is 0. The largest absolute Gasteiger partial charge is 0.394 e. The van der Waals surface area contributed by atoms with Crippen molar-refractivity contribution < 1.29 is 32.3 Å². The molecule has 0 aromatic heterocycles. The maximum atomic E-state index is 11.6. The van der Waals surface area contributed by atoms with E-state index in [1.165, 1.54) is 19.2 Å². The molecule has 10 heteroatoms. The molecule has 0 aliphatic carbocycles. The molecule has 1 aromatic carbocycles. The predicted octanol–water partition coefficient (Wildman–Crippen LogP) is -0.501. The van der Waals surface area contributed by atoms with Gasteiger partial charge < -0.3 is 30.7 Å². The van der Waals surface area contributed by atoms with Gasteiger partial charge in [-0.15, -0.1) is 0 Å². The zero-order valence-corrected chi connectivity index (χ0v) is 17.2. The van der Waals surface area contributed by atoms with Gasteiger partial charge in [-0.25, -0.2) is 0 Å². The van der Waals surface area contributed by atoms with Crippen molar-refractivity contribution in [3.63, 3.8) is 0 Å². The standard InChI is InChI=1S/C11H16O5S.C5H13NO2.CH5N/c1-10-2-4-11(5-3-10)17(13,14)16-9-8-15-7-6-12;1-6-2-4-8-5-3-7;1-2/h2-5,12H,6-9H2,1H3;6-7H,2-5H2,1H3;2H2,1H3. The highest BCUT2D eigenvalue weighted by Crippen LogP contribution is 2.12. The molecule has 0 bridgehead atoms. The summed E-state index contributed by atoms with van der Waals surface area (Å²) in [6.45, 7) is 4.11. The summed E-state index contributed by atoms with van der Waals surface area (Å²) in [4.78, 5) is 0.130. The Bertz CT molecular complexity index is 519. The van der Waals surface area contributed by atoms with E-state index in [4.69, 9.17) is 23.9 Å². The first kappa shape index (κ1) is 28.1. The van der Waals surface area contributed by atoms with Crippen molar-refractivity contribution in [2.45, 2.75) is 11.8 Å². The van der Waals surface area contributed by atoms with Crippen molar-refractivity contribution >= 4 is 10.1 Å². The Kier molecular flexibility index (Phi) is 20.4. The maximum absolute atomic E-state index is 11.6. The van der Waals surface area contributed by atoms with E-state index in [1.54, 1.807) is 12.1 Å². The van der Waals surface area contributed by atoms with Crippen LogP contribution in [-0.4, -0.2) is 85.5 Å². The highest BCUT2D eigenvalue weighted by atomic mass is 32.2. The molecular formula is C17H34N2O7S. The molecule has 0 atom stereocenters. The van der Waals surface area contributed by atoms with E-state index in [1.807, 2.05) is 14.0 Å². The third kappa shape index (κ3) is 16.8. The van der Waals surface area contributed by atoms with Crippen molar-refractivity contribution in [3.05, 3.63) is 29.8 Å². The minimum atomic E-state index is -3.71. The zero-order valence-electron chi connectivity index (χ0n) is 16.4. The minimum Gasteiger partial charge on any atom is -0.394 e. The van der Waals surface area contributed by atoms with Crippen LogP contribution in [0.15, 0.2) is 29.2 Å². The average Bonchev–Trinajstić information content (AvgIpc) is 2.67. The number of hydrogen-bond acceptors (Lipinski definition) is 9. The number of ether oxygens (including phenoxy) is 2. The fraction of sp³-hybridized carbons (Fsp3) is 0.647. The van der Waals surface area contributed by atoms with Gasteiger partial charge in [-0.1, -0.05) is 17.7 Å². The van der Waals surface area contributed by atoms with E-state index < -0.39 is 10.1 Å². The Labute approximate surface area is 162 Å². The van der Waals surface area contributed by atoms with Crippen molar-refractivity contribution in [2.24, 2.45) is 5.73 Å². The lowest BCUT2D eigenvalue weighted by Gasteiger charge is -2.06. The lowest BCUT2D eigenvalue weighted by atomic mass is 10.2. The molecule has 1 aromatic rings. The van der Waals surface area contributed by atoms with E-state index in [-0.39, 0.29) is 37.9 Å². The molecule has 27 heavy (non-hydrogen) atoms. The van der Waals surface area contributed by atoms with E-state index >= 15 is 0 Å². The van der Waals surface area contributed by atoms with Crippen LogP contribution in [0.5, 0.6) is 0 Å². The molecule has 0 heterocycles. The van der Waals surface area contributed by atoms with Crippen molar-refractivity contribution in [3.8, 4) is 0 Å². The van der Waals surface area contributed by atoms with E-state index in [9.17, 15) is 8.42 Å². The first-order chi connectivity index (χ1) is 13.0.